The van der Waals surface area contributed by atoms with Gasteiger partial charge in [0.2, 0.25) is 15.9 Å². The van der Waals surface area contributed by atoms with E-state index >= 15 is 0 Å². The summed E-state index contributed by atoms with van der Waals surface area (Å²) in [5.41, 5.74) is 0.631. The third-order valence-electron chi connectivity index (χ3n) is 7.87. The SMILES string of the molecule is O=C(CN(Cc1ccc(F)cc1)S(=O)(=O)c1ccccc1F)NCC12CC3CC(CC(C3)C1)C2. The van der Waals surface area contributed by atoms with E-state index in [0.29, 0.717) is 12.1 Å². The molecule has 1 amide bonds. The Morgan fingerprint density at radius 3 is 2.12 bits per heavy atom. The topological polar surface area (TPSA) is 66.5 Å². The van der Waals surface area contributed by atoms with Crippen molar-refractivity contribution in [3.05, 3.63) is 65.7 Å². The van der Waals surface area contributed by atoms with E-state index in [1.807, 2.05) is 0 Å². The molecule has 0 unspecified atom stereocenters. The normalized spacial score (nSPS) is 27.8. The van der Waals surface area contributed by atoms with E-state index < -0.39 is 39.0 Å². The molecule has 0 atom stereocenters. The van der Waals surface area contributed by atoms with Crippen LogP contribution in [0.25, 0.3) is 0 Å². The van der Waals surface area contributed by atoms with Crippen LogP contribution in [-0.4, -0.2) is 31.7 Å². The van der Waals surface area contributed by atoms with Gasteiger partial charge in [-0.3, -0.25) is 4.79 Å². The molecule has 0 spiro atoms. The zero-order valence-electron chi connectivity index (χ0n) is 19.1. The van der Waals surface area contributed by atoms with Crippen LogP contribution in [0, 0.1) is 34.8 Å². The molecule has 0 saturated heterocycles. The summed E-state index contributed by atoms with van der Waals surface area (Å²) >= 11 is 0. The number of benzene rings is 2. The van der Waals surface area contributed by atoms with Crippen LogP contribution < -0.4 is 5.32 Å². The molecule has 4 bridgehead atoms. The molecule has 0 radical (unpaired) electrons. The summed E-state index contributed by atoms with van der Waals surface area (Å²) in [4.78, 5) is 12.5. The van der Waals surface area contributed by atoms with Gasteiger partial charge in [-0.25, -0.2) is 17.2 Å². The molecule has 0 aliphatic heterocycles. The van der Waals surface area contributed by atoms with E-state index in [-0.39, 0.29) is 12.0 Å². The number of carbonyl (C=O) groups is 1. The lowest BCUT2D eigenvalue weighted by atomic mass is 9.49. The van der Waals surface area contributed by atoms with Gasteiger partial charge in [0.1, 0.15) is 16.5 Å². The van der Waals surface area contributed by atoms with Gasteiger partial charge in [-0.2, -0.15) is 4.31 Å². The van der Waals surface area contributed by atoms with Gasteiger partial charge >= 0.3 is 0 Å². The van der Waals surface area contributed by atoms with Gasteiger partial charge in [0.05, 0.1) is 6.54 Å². The first-order valence-electron chi connectivity index (χ1n) is 12.0. The van der Waals surface area contributed by atoms with Crippen molar-refractivity contribution in [2.24, 2.45) is 23.2 Å². The fraction of sp³-hybridized carbons (Fsp3) is 0.500. The second-order valence-corrected chi connectivity index (χ2v) is 12.4. The van der Waals surface area contributed by atoms with Gasteiger partial charge in [0.25, 0.3) is 0 Å². The Morgan fingerprint density at radius 1 is 0.941 bits per heavy atom. The minimum Gasteiger partial charge on any atom is -0.354 e. The lowest BCUT2D eigenvalue weighted by Gasteiger charge is -2.56. The molecule has 182 valence electrons. The maximum Gasteiger partial charge on any atom is 0.246 e. The van der Waals surface area contributed by atoms with Crippen molar-refractivity contribution in [1.82, 2.24) is 9.62 Å². The maximum absolute atomic E-state index is 14.4. The van der Waals surface area contributed by atoms with Gasteiger partial charge in [-0.15, -0.1) is 0 Å². The first-order chi connectivity index (χ1) is 16.2. The van der Waals surface area contributed by atoms with Crippen LogP contribution in [0.2, 0.25) is 0 Å². The van der Waals surface area contributed by atoms with E-state index in [9.17, 15) is 22.0 Å². The molecule has 4 saturated carbocycles. The Balaban J connectivity index is 1.32. The van der Waals surface area contributed by atoms with Gasteiger partial charge in [0.15, 0.2) is 0 Å². The number of hydrogen-bond donors (Lipinski definition) is 1. The molecule has 4 aliphatic rings. The maximum atomic E-state index is 14.4. The minimum atomic E-state index is -4.29. The highest BCUT2D eigenvalue weighted by atomic mass is 32.2. The molecule has 0 heterocycles. The summed E-state index contributed by atoms with van der Waals surface area (Å²) in [6.45, 7) is -0.0401. The van der Waals surface area contributed by atoms with E-state index in [1.54, 1.807) is 0 Å². The van der Waals surface area contributed by atoms with Crippen molar-refractivity contribution in [3.63, 3.8) is 0 Å². The molecule has 0 aromatic heterocycles. The lowest BCUT2D eigenvalue weighted by molar-refractivity contribution is -0.123. The smallest absolute Gasteiger partial charge is 0.246 e. The predicted molar refractivity (Wildman–Crippen MR) is 124 cm³/mol. The zero-order chi connectivity index (χ0) is 23.9. The summed E-state index contributed by atoms with van der Waals surface area (Å²) in [7, 11) is -4.29. The molecule has 5 nitrogen and oxygen atoms in total. The lowest BCUT2D eigenvalue weighted by Crippen LogP contribution is -2.52. The molecule has 1 N–H and O–H groups in total. The number of nitrogens with one attached hydrogen (secondary N) is 1. The first kappa shape index (κ1) is 23.4. The summed E-state index contributed by atoms with van der Waals surface area (Å²) in [6, 6.07) is 10.5. The summed E-state index contributed by atoms with van der Waals surface area (Å²) in [6.07, 6.45) is 7.31. The number of hydrogen-bond acceptors (Lipinski definition) is 3. The molecule has 2 aromatic rings. The molecule has 4 fully saturated rings. The fourth-order valence-electron chi connectivity index (χ4n) is 6.82. The van der Waals surface area contributed by atoms with Crippen LogP contribution in [0.15, 0.2) is 53.4 Å². The van der Waals surface area contributed by atoms with E-state index in [2.05, 4.69) is 5.32 Å². The van der Waals surface area contributed by atoms with Crippen molar-refractivity contribution >= 4 is 15.9 Å². The highest BCUT2D eigenvalue weighted by molar-refractivity contribution is 7.89. The van der Waals surface area contributed by atoms with E-state index in [4.69, 9.17) is 0 Å². The first-order valence-corrected chi connectivity index (χ1v) is 13.4. The quantitative estimate of drug-likeness (QED) is 0.596. The molecule has 4 aliphatic carbocycles. The monoisotopic (exact) mass is 488 g/mol. The third-order valence-corrected chi connectivity index (χ3v) is 9.70. The van der Waals surface area contributed by atoms with Gasteiger partial charge in [0, 0.05) is 13.1 Å². The number of carbonyl (C=O) groups excluding carboxylic acids is 1. The summed E-state index contributed by atoms with van der Waals surface area (Å²) in [5.74, 6) is 0.526. The highest BCUT2D eigenvalue weighted by Crippen LogP contribution is 2.59. The number of amides is 1. The average Bonchev–Trinajstić information content (AvgIpc) is 2.78. The number of halogens is 2. The second kappa shape index (κ2) is 9.04. The Kier molecular flexibility index (Phi) is 6.23. The Morgan fingerprint density at radius 2 is 1.53 bits per heavy atom. The Hall–Kier alpha value is -2.32. The van der Waals surface area contributed by atoms with Crippen molar-refractivity contribution in [2.45, 2.75) is 50.0 Å². The van der Waals surface area contributed by atoms with Gasteiger partial charge < -0.3 is 5.32 Å². The molecule has 6 rings (SSSR count). The fourth-order valence-corrected chi connectivity index (χ4v) is 8.27. The van der Waals surface area contributed by atoms with Gasteiger partial charge in [-0.05, 0) is 91.5 Å². The van der Waals surface area contributed by atoms with Crippen LogP contribution in [0.3, 0.4) is 0 Å². The van der Waals surface area contributed by atoms with Crippen LogP contribution in [-0.2, 0) is 21.4 Å². The molecule has 34 heavy (non-hydrogen) atoms. The van der Waals surface area contributed by atoms with Crippen molar-refractivity contribution < 1.29 is 22.0 Å². The Labute approximate surface area is 199 Å². The Bertz CT molecular complexity index is 1130. The van der Waals surface area contributed by atoms with Crippen LogP contribution in [0.5, 0.6) is 0 Å². The number of nitrogens with zero attached hydrogens (tertiary/aromatic N) is 1. The van der Waals surface area contributed by atoms with Crippen LogP contribution in [0.4, 0.5) is 8.78 Å². The van der Waals surface area contributed by atoms with Crippen molar-refractivity contribution in [1.29, 1.82) is 0 Å². The molecular weight excluding hydrogens is 458 g/mol. The molecular formula is C26H30F2N2O3S. The largest absolute Gasteiger partial charge is 0.354 e. The van der Waals surface area contributed by atoms with E-state index in [0.717, 1.165) is 47.4 Å². The highest BCUT2D eigenvalue weighted by Gasteiger charge is 2.50. The number of rotatable bonds is 8. The number of sulfonamides is 1. The standard InChI is InChI=1S/C26H30F2N2O3S/c27-22-7-5-18(6-8-22)15-30(34(32,33)24-4-2-1-3-23(24)28)16-25(31)29-17-26-12-19-9-20(13-26)11-21(10-19)14-26/h1-8,19-21H,9-17H2,(H,29,31). The predicted octanol–water partition coefficient (Wildman–Crippen LogP) is 4.49. The van der Waals surface area contributed by atoms with Gasteiger partial charge in [-0.1, -0.05) is 24.3 Å². The van der Waals surface area contributed by atoms with Crippen LogP contribution in [0.1, 0.15) is 44.1 Å². The minimum absolute atomic E-state index is 0.122. The summed E-state index contributed by atoms with van der Waals surface area (Å²) in [5, 5.41) is 3.00. The summed E-state index contributed by atoms with van der Waals surface area (Å²) < 4.78 is 55.3. The van der Waals surface area contributed by atoms with E-state index in [1.165, 1.54) is 61.7 Å². The zero-order valence-corrected chi connectivity index (χ0v) is 19.9. The molecule has 2 aromatic carbocycles. The second-order valence-electron chi connectivity index (χ2n) is 10.5. The average molecular weight is 489 g/mol. The van der Waals surface area contributed by atoms with Crippen molar-refractivity contribution in [3.8, 4) is 0 Å². The third kappa shape index (κ3) is 4.75. The van der Waals surface area contributed by atoms with Crippen molar-refractivity contribution in [2.75, 3.05) is 13.1 Å². The molecule has 8 heteroatoms. The van der Waals surface area contributed by atoms with Crippen LogP contribution >= 0.6 is 0 Å².